The SMILES string of the molecule is C[C@H](Cn1cccn1)NC(=O)[C@@H]1CCC(=O)N1. The van der Waals surface area contributed by atoms with E-state index >= 15 is 0 Å². The first-order valence-electron chi connectivity index (χ1n) is 5.72. The fraction of sp³-hybridized carbons (Fsp3) is 0.545. The highest BCUT2D eigenvalue weighted by molar-refractivity contribution is 5.90. The first-order chi connectivity index (χ1) is 8.15. The zero-order valence-electron chi connectivity index (χ0n) is 9.72. The highest BCUT2D eigenvalue weighted by atomic mass is 16.2. The monoisotopic (exact) mass is 236 g/mol. The summed E-state index contributed by atoms with van der Waals surface area (Å²) in [6.45, 7) is 2.54. The van der Waals surface area contributed by atoms with Crippen LogP contribution in [0.2, 0.25) is 0 Å². The Morgan fingerprint density at radius 3 is 3.18 bits per heavy atom. The van der Waals surface area contributed by atoms with E-state index in [1.807, 2.05) is 19.2 Å². The zero-order chi connectivity index (χ0) is 12.3. The van der Waals surface area contributed by atoms with Crippen molar-refractivity contribution < 1.29 is 9.59 Å². The van der Waals surface area contributed by atoms with Gasteiger partial charge in [0, 0.05) is 24.9 Å². The Morgan fingerprint density at radius 2 is 2.59 bits per heavy atom. The van der Waals surface area contributed by atoms with Gasteiger partial charge in [-0.1, -0.05) is 0 Å². The van der Waals surface area contributed by atoms with Crippen molar-refractivity contribution in [2.24, 2.45) is 0 Å². The molecule has 0 saturated carbocycles. The Kier molecular flexibility index (Phi) is 3.41. The van der Waals surface area contributed by atoms with E-state index in [1.54, 1.807) is 10.9 Å². The van der Waals surface area contributed by atoms with Gasteiger partial charge in [-0.3, -0.25) is 14.3 Å². The molecular weight excluding hydrogens is 220 g/mol. The second-order valence-electron chi connectivity index (χ2n) is 4.30. The highest BCUT2D eigenvalue weighted by Gasteiger charge is 2.27. The number of nitrogens with one attached hydrogen (secondary N) is 2. The minimum Gasteiger partial charge on any atom is -0.350 e. The molecule has 6 nitrogen and oxygen atoms in total. The van der Waals surface area contributed by atoms with Crippen molar-refractivity contribution in [1.29, 1.82) is 0 Å². The summed E-state index contributed by atoms with van der Waals surface area (Å²) >= 11 is 0. The number of hydrogen-bond donors (Lipinski definition) is 2. The van der Waals surface area contributed by atoms with Crippen LogP contribution in [0, 0.1) is 0 Å². The van der Waals surface area contributed by atoms with Crippen LogP contribution in [0.15, 0.2) is 18.5 Å². The molecule has 2 N–H and O–H groups in total. The fourth-order valence-corrected chi connectivity index (χ4v) is 1.89. The standard InChI is InChI=1S/C11H16N4O2/c1-8(7-15-6-2-5-12-15)13-11(17)9-3-4-10(16)14-9/h2,5-6,8-9H,3-4,7H2,1H3,(H,13,17)(H,14,16)/t8-,9+/m1/s1. The number of nitrogens with zero attached hydrogens (tertiary/aromatic N) is 2. The zero-order valence-corrected chi connectivity index (χ0v) is 9.72. The van der Waals surface area contributed by atoms with Crippen molar-refractivity contribution in [2.75, 3.05) is 0 Å². The molecule has 2 amide bonds. The lowest BCUT2D eigenvalue weighted by Gasteiger charge is -2.17. The number of carbonyl (C=O) groups is 2. The fourth-order valence-electron chi connectivity index (χ4n) is 1.89. The average Bonchev–Trinajstić information content (AvgIpc) is 2.89. The summed E-state index contributed by atoms with van der Waals surface area (Å²) in [4.78, 5) is 22.8. The summed E-state index contributed by atoms with van der Waals surface area (Å²) in [5.74, 6) is -0.166. The second kappa shape index (κ2) is 4.99. The lowest BCUT2D eigenvalue weighted by atomic mass is 10.2. The van der Waals surface area contributed by atoms with Crippen LogP contribution < -0.4 is 10.6 Å². The van der Waals surface area contributed by atoms with E-state index in [0.29, 0.717) is 19.4 Å². The molecule has 0 radical (unpaired) electrons. The molecule has 17 heavy (non-hydrogen) atoms. The smallest absolute Gasteiger partial charge is 0.242 e. The van der Waals surface area contributed by atoms with E-state index in [1.165, 1.54) is 0 Å². The summed E-state index contributed by atoms with van der Waals surface area (Å²) in [6, 6.07) is 1.45. The Morgan fingerprint density at radius 1 is 1.76 bits per heavy atom. The maximum Gasteiger partial charge on any atom is 0.242 e. The molecule has 0 spiro atoms. The molecule has 0 unspecified atom stereocenters. The van der Waals surface area contributed by atoms with Gasteiger partial charge in [0.1, 0.15) is 6.04 Å². The van der Waals surface area contributed by atoms with Gasteiger partial charge in [0.2, 0.25) is 11.8 Å². The van der Waals surface area contributed by atoms with Gasteiger partial charge in [-0.2, -0.15) is 5.10 Å². The van der Waals surface area contributed by atoms with Gasteiger partial charge in [-0.05, 0) is 19.4 Å². The maximum atomic E-state index is 11.8. The maximum absolute atomic E-state index is 11.8. The molecule has 1 aromatic heterocycles. The number of amides is 2. The summed E-state index contributed by atoms with van der Waals surface area (Å²) in [5, 5.41) is 9.58. The molecule has 2 rings (SSSR count). The lowest BCUT2D eigenvalue weighted by molar-refractivity contribution is -0.126. The quantitative estimate of drug-likeness (QED) is 0.751. The van der Waals surface area contributed by atoms with Gasteiger partial charge < -0.3 is 10.6 Å². The molecule has 1 aromatic rings. The summed E-state index contributed by atoms with van der Waals surface area (Å²) < 4.78 is 1.76. The third-order valence-corrected chi connectivity index (χ3v) is 2.72. The van der Waals surface area contributed by atoms with Gasteiger partial charge in [-0.25, -0.2) is 0 Å². The van der Waals surface area contributed by atoms with Crippen molar-refractivity contribution in [1.82, 2.24) is 20.4 Å². The van der Waals surface area contributed by atoms with Crippen molar-refractivity contribution in [2.45, 2.75) is 38.4 Å². The molecule has 6 heteroatoms. The van der Waals surface area contributed by atoms with Gasteiger partial charge in [-0.15, -0.1) is 0 Å². The largest absolute Gasteiger partial charge is 0.350 e. The molecule has 0 aliphatic carbocycles. The molecule has 2 atom stereocenters. The number of rotatable bonds is 4. The van der Waals surface area contributed by atoms with Crippen LogP contribution in [-0.2, 0) is 16.1 Å². The van der Waals surface area contributed by atoms with Crippen molar-refractivity contribution in [3.63, 3.8) is 0 Å². The van der Waals surface area contributed by atoms with Crippen LogP contribution in [-0.4, -0.2) is 33.7 Å². The third kappa shape index (κ3) is 3.05. The summed E-state index contributed by atoms with van der Waals surface area (Å²) in [6.07, 6.45) is 4.57. The molecule has 0 bridgehead atoms. The average molecular weight is 236 g/mol. The molecule has 1 aliphatic heterocycles. The van der Waals surface area contributed by atoms with E-state index in [4.69, 9.17) is 0 Å². The molecule has 92 valence electrons. The van der Waals surface area contributed by atoms with Crippen LogP contribution in [0.1, 0.15) is 19.8 Å². The predicted molar refractivity (Wildman–Crippen MR) is 61.0 cm³/mol. The van der Waals surface area contributed by atoms with Crippen molar-refractivity contribution >= 4 is 11.8 Å². The lowest BCUT2D eigenvalue weighted by Crippen LogP contribution is -2.46. The summed E-state index contributed by atoms with van der Waals surface area (Å²) in [7, 11) is 0. The number of hydrogen-bond acceptors (Lipinski definition) is 3. The van der Waals surface area contributed by atoms with E-state index in [-0.39, 0.29) is 23.9 Å². The molecule has 1 fully saturated rings. The topological polar surface area (TPSA) is 76.0 Å². The van der Waals surface area contributed by atoms with Gasteiger partial charge in [0.15, 0.2) is 0 Å². The Bertz CT molecular complexity index is 402. The predicted octanol–water partition coefficient (Wildman–Crippen LogP) is -0.334. The highest BCUT2D eigenvalue weighted by Crippen LogP contribution is 2.06. The van der Waals surface area contributed by atoms with E-state index in [9.17, 15) is 9.59 Å². The summed E-state index contributed by atoms with van der Waals surface area (Å²) in [5.41, 5.74) is 0. The Balaban J connectivity index is 1.80. The van der Waals surface area contributed by atoms with Crippen molar-refractivity contribution in [3.8, 4) is 0 Å². The van der Waals surface area contributed by atoms with Gasteiger partial charge >= 0.3 is 0 Å². The molecular formula is C11H16N4O2. The number of aromatic nitrogens is 2. The Labute approximate surface area is 99.4 Å². The van der Waals surface area contributed by atoms with Gasteiger partial charge in [0.05, 0.1) is 6.54 Å². The van der Waals surface area contributed by atoms with Crippen molar-refractivity contribution in [3.05, 3.63) is 18.5 Å². The number of carbonyl (C=O) groups excluding carboxylic acids is 2. The van der Waals surface area contributed by atoms with E-state index in [0.717, 1.165) is 0 Å². The van der Waals surface area contributed by atoms with Crippen LogP contribution >= 0.6 is 0 Å². The molecule has 1 aliphatic rings. The molecule has 2 heterocycles. The first-order valence-corrected chi connectivity index (χ1v) is 5.72. The van der Waals surface area contributed by atoms with Crippen LogP contribution in [0.4, 0.5) is 0 Å². The van der Waals surface area contributed by atoms with Crippen LogP contribution in [0.5, 0.6) is 0 Å². The normalized spacial score (nSPS) is 21.0. The Hall–Kier alpha value is -1.85. The minimum atomic E-state index is -0.373. The van der Waals surface area contributed by atoms with E-state index < -0.39 is 0 Å². The second-order valence-corrected chi connectivity index (χ2v) is 4.30. The molecule has 1 saturated heterocycles. The molecule has 0 aromatic carbocycles. The third-order valence-electron chi connectivity index (χ3n) is 2.72. The van der Waals surface area contributed by atoms with Gasteiger partial charge in [0.25, 0.3) is 0 Å². The first kappa shape index (κ1) is 11.6. The van der Waals surface area contributed by atoms with E-state index in [2.05, 4.69) is 15.7 Å². The van der Waals surface area contributed by atoms with Crippen LogP contribution in [0.25, 0.3) is 0 Å². The van der Waals surface area contributed by atoms with Crippen LogP contribution in [0.3, 0.4) is 0 Å². The minimum absolute atomic E-state index is 0.0140.